The van der Waals surface area contributed by atoms with Crippen LogP contribution in [0.2, 0.25) is 0 Å². The second kappa shape index (κ2) is 9.19. The van der Waals surface area contributed by atoms with Crippen LogP contribution in [0.1, 0.15) is 45.2 Å². The Morgan fingerprint density at radius 1 is 1.33 bits per heavy atom. The lowest BCUT2D eigenvalue weighted by Gasteiger charge is -2.37. The van der Waals surface area contributed by atoms with Gasteiger partial charge in [-0.3, -0.25) is 4.90 Å². The van der Waals surface area contributed by atoms with E-state index in [-0.39, 0.29) is 12.1 Å². The van der Waals surface area contributed by atoms with Gasteiger partial charge >= 0.3 is 0 Å². The summed E-state index contributed by atoms with van der Waals surface area (Å²) in [5, 5.41) is 8.93. The van der Waals surface area contributed by atoms with E-state index < -0.39 is 0 Å². The molecule has 0 aliphatic carbocycles. The zero-order valence-corrected chi connectivity index (χ0v) is 14.8. The predicted octanol–water partition coefficient (Wildman–Crippen LogP) is 4.10. The van der Waals surface area contributed by atoms with Gasteiger partial charge in [-0.1, -0.05) is 54.9 Å². The molecule has 0 aliphatic heterocycles. The number of nitrogens with two attached hydrogens (primary N) is 1. The molecule has 0 saturated carbocycles. The number of hydrogen-bond acceptors (Lipinski definition) is 3. The largest absolute Gasteiger partial charge is 0.326 e. The molecule has 0 radical (unpaired) electrons. The number of nitrogens with zero attached hydrogens (tertiary/aromatic N) is 2. The molecular weight excluding hydrogens is 326 g/mol. The first-order valence-corrected chi connectivity index (χ1v) is 8.41. The molecule has 0 heterocycles. The van der Waals surface area contributed by atoms with Crippen molar-refractivity contribution in [3.8, 4) is 6.07 Å². The standard InChI is InChI=1S/C17H26BrN3/c1-4-16(20)17(14-8-5-6-9-15(14)18)21(11-7-10-19)12-13(2)3/h5-6,8-9,13,16-17H,4,7,11-12,20H2,1-3H3. The fourth-order valence-corrected chi connectivity index (χ4v) is 3.16. The molecule has 0 spiro atoms. The lowest BCUT2D eigenvalue weighted by Crippen LogP contribution is -2.43. The quantitative estimate of drug-likeness (QED) is 0.766. The monoisotopic (exact) mass is 351 g/mol. The van der Waals surface area contributed by atoms with E-state index in [0.29, 0.717) is 12.3 Å². The van der Waals surface area contributed by atoms with Gasteiger partial charge in [0, 0.05) is 30.0 Å². The molecular formula is C17H26BrN3. The topological polar surface area (TPSA) is 53.0 Å². The Morgan fingerprint density at radius 3 is 2.52 bits per heavy atom. The van der Waals surface area contributed by atoms with Gasteiger partial charge in [0.2, 0.25) is 0 Å². The summed E-state index contributed by atoms with van der Waals surface area (Å²) in [6.45, 7) is 8.23. The number of benzene rings is 1. The summed E-state index contributed by atoms with van der Waals surface area (Å²) in [4.78, 5) is 2.36. The van der Waals surface area contributed by atoms with Crippen LogP contribution in [0.15, 0.2) is 28.7 Å². The van der Waals surface area contributed by atoms with Crippen molar-refractivity contribution in [3.05, 3.63) is 34.3 Å². The van der Waals surface area contributed by atoms with Gasteiger partial charge in [0.15, 0.2) is 0 Å². The molecule has 1 rings (SSSR count). The molecule has 0 aromatic heterocycles. The lowest BCUT2D eigenvalue weighted by molar-refractivity contribution is 0.153. The van der Waals surface area contributed by atoms with Crippen LogP contribution in [-0.4, -0.2) is 24.0 Å². The number of halogens is 1. The second-order valence-electron chi connectivity index (χ2n) is 5.84. The van der Waals surface area contributed by atoms with E-state index in [0.717, 1.165) is 24.0 Å². The Hall–Kier alpha value is -0.890. The van der Waals surface area contributed by atoms with Gasteiger partial charge in [0.1, 0.15) is 0 Å². The minimum atomic E-state index is 0.0566. The second-order valence-corrected chi connectivity index (χ2v) is 6.69. The summed E-state index contributed by atoms with van der Waals surface area (Å²) in [5.41, 5.74) is 7.63. The van der Waals surface area contributed by atoms with Crippen LogP contribution >= 0.6 is 15.9 Å². The van der Waals surface area contributed by atoms with Crippen LogP contribution in [0.25, 0.3) is 0 Å². The summed E-state index contributed by atoms with van der Waals surface area (Å²) in [5.74, 6) is 0.540. The Bertz CT molecular complexity index is 467. The van der Waals surface area contributed by atoms with Crippen molar-refractivity contribution in [1.82, 2.24) is 4.90 Å². The van der Waals surface area contributed by atoms with Crippen LogP contribution in [0.5, 0.6) is 0 Å². The van der Waals surface area contributed by atoms with Crippen LogP contribution in [0.3, 0.4) is 0 Å². The molecule has 0 amide bonds. The van der Waals surface area contributed by atoms with Crippen molar-refractivity contribution in [1.29, 1.82) is 5.26 Å². The van der Waals surface area contributed by atoms with E-state index >= 15 is 0 Å². The van der Waals surface area contributed by atoms with Crippen LogP contribution in [0, 0.1) is 17.2 Å². The summed E-state index contributed by atoms with van der Waals surface area (Å²) in [6.07, 6.45) is 1.44. The highest BCUT2D eigenvalue weighted by atomic mass is 79.9. The van der Waals surface area contributed by atoms with E-state index in [1.165, 1.54) is 5.56 Å². The minimum Gasteiger partial charge on any atom is -0.326 e. The predicted molar refractivity (Wildman–Crippen MR) is 91.8 cm³/mol. The van der Waals surface area contributed by atoms with Gasteiger partial charge in [0.25, 0.3) is 0 Å². The third-order valence-electron chi connectivity index (χ3n) is 3.60. The van der Waals surface area contributed by atoms with Gasteiger partial charge in [-0.25, -0.2) is 0 Å². The van der Waals surface area contributed by atoms with E-state index in [2.05, 4.69) is 59.8 Å². The van der Waals surface area contributed by atoms with Crippen molar-refractivity contribution >= 4 is 15.9 Å². The summed E-state index contributed by atoms with van der Waals surface area (Å²) >= 11 is 3.65. The number of nitriles is 1. The van der Waals surface area contributed by atoms with Crippen molar-refractivity contribution in [2.75, 3.05) is 13.1 Å². The highest BCUT2D eigenvalue weighted by molar-refractivity contribution is 9.10. The first-order chi connectivity index (χ1) is 10.0. The molecule has 4 heteroatoms. The van der Waals surface area contributed by atoms with Crippen LogP contribution < -0.4 is 5.73 Å². The summed E-state index contributed by atoms with van der Waals surface area (Å²) in [6, 6.07) is 10.7. The SMILES string of the molecule is CCC(N)C(c1ccccc1Br)N(CCC#N)CC(C)C. The highest BCUT2D eigenvalue weighted by Gasteiger charge is 2.27. The molecule has 0 saturated heterocycles. The first kappa shape index (κ1) is 18.2. The highest BCUT2D eigenvalue weighted by Crippen LogP contribution is 2.31. The van der Waals surface area contributed by atoms with E-state index in [1.807, 2.05) is 12.1 Å². The van der Waals surface area contributed by atoms with Gasteiger partial charge in [0.05, 0.1) is 12.1 Å². The van der Waals surface area contributed by atoms with E-state index in [1.54, 1.807) is 0 Å². The zero-order valence-electron chi connectivity index (χ0n) is 13.2. The smallest absolute Gasteiger partial charge is 0.0635 e. The third kappa shape index (κ3) is 5.43. The molecule has 0 aliphatic rings. The Kier molecular flexibility index (Phi) is 7.95. The fraction of sp³-hybridized carbons (Fsp3) is 0.588. The average molecular weight is 352 g/mol. The zero-order chi connectivity index (χ0) is 15.8. The van der Waals surface area contributed by atoms with Gasteiger partial charge in [-0.2, -0.15) is 5.26 Å². The van der Waals surface area contributed by atoms with Crippen molar-refractivity contribution in [2.45, 2.75) is 45.7 Å². The van der Waals surface area contributed by atoms with Crippen molar-refractivity contribution in [3.63, 3.8) is 0 Å². The Labute approximate surface area is 137 Å². The molecule has 21 heavy (non-hydrogen) atoms. The molecule has 116 valence electrons. The number of hydrogen-bond donors (Lipinski definition) is 1. The maximum absolute atomic E-state index is 8.93. The minimum absolute atomic E-state index is 0.0566. The fourth-order valence-electron chi connectivity index (χ4n) is 2.64. The molecule has 1 aromatic carbocycles. The summed E-state index contributed by atoms with van der Waals surface area (Å²) in [7, 11) is 0. The molecule has 2 N–H and O–H groups in total. The number of rotatable bonds is 8. The Balaban J connectivity index is 3.13. The van der Waals surface area contributed by atoms with E-state index in [9.17, 15) is 0 Å². The first-order valence-electron chi connectivity index (χ1n) is 7.62. The van der Waals surface area contributed by atoms with Crippen LogP contribution in [-0.2, 0) is 0 Å². The van der Waals surface area contributed by atoms with E-state index in [4.69, 9.17) is 11.0 Å². The molecule has 0 bridgehead atoms. The van der Waals surface area contributed by atoms with Crippen LogP contribution in [0.4, 0.5) is 0 Å². The van der Waals surface area contributed by atoms with Crippen molar-refractivity contribution < 1.29 is 0 Å². The molecule has 3 nitrogen and oxygen atoms in total. The maximum Gasteiger partial charge on any atom is 0.0635 e. The molecule has 1 aromatic rings. The molecule has 2 unspecified atom stereocenters. The lowest BCUT2D eigenvalue weighted by atomic mass is 9.95. The average Bonchev–Trinajstić information content (AvgIpc) is 2.45. The Morgan fingerprint density at radius 2 is 2.00 bits per heavy atom. The molecule has 0 fully saturated rings. The van der Waals surface area contributed by atoms with Gasteiger partial charge in [-0.15, -0.1) is 0 Å². The van der Waals surface area contributed by atoms with Crippen molar-refractivity contribution in [2.24, 2.45) is 11.7 Å². The molecule has 2 atom stereocenters. The van der Waals surface area contributed by atoms with Gasteiger partial charge < -0.3 is 5.73 Å². The normalized spacial score (nSPS) is 14.2. The van der Waals surface area contributed by atoms with Gasteiger partial charge in [-0.05, 0) is 24.0 Å². The maximum atomic E-state index is 8.93. The third-order valence-corrected chi connectivity index (χ3v) is 4.33. The summed E-state index contributed by atoms with van der Waals surface area (Å²) < 4.78 is 1.09.